The van der Waals surface area contributed by atoms with Crippen molar-refractivity contribution in [3.8, 4) is 0 Å². The number of rotatable bonds is 7. The molecule has 2 aromatic rings. The van der Waals surface area contributed by atoms with Gasteiger partial charge >= 0.3 is 5.97 Å². The van der Waals surface area contributed by atoms with Gasteiger partial charge in [-0.25, -0.2) is 4.79 Å². The molecule has 0 spiro atoms. The molecule has 1 amide bonds. The van der Waals surface area contributed by atoms with Gasteiger partial charge in [0.1, 0.15) is 17.1 Å². The van der Waals surface area contributed by atoms with E-state index in [-0.39, 0.29) is 12.5 Å². The Morgan fingerprint density at radius 2 is 1.96 bits per heavy atom. The molecule has 6 nitrogen and oxygen atoms in total. The van der Waals surface area contributed by atoms with Crippen LogP contribution in [-0.2, 0) is 22.6 Å². The van der Waals surface area contributed by atoms with Crippen molar-refractivity contribution in [3.05, 3.63) is 58.5 Å². The fourth-order valence-corrected chi connectivity index (χ4v) is 2.56. The second kappa shape index (κ2) is 8.48. The number of nitrogens with one attached hydrogen (secondary N) is 1. The fraction of sp³-hybridized carbons (Fsp3) is 0.368. The van der Waals surface area contributed by atoms with Crippen LogP contribution in [0.1, 0.15) is 33.0 Å². The van der Waals surface area contributed by atoms with Crippen LogP contribution in [0.3, 0.4) is 0 Å². The first kappa shape index (κ1) is 18.7. The average molecular weight is 344 g/mol. The molecule has 134 valence electrons. The SMILES string of the molecule is COC(=O)c1cc(CN(C)CC(=O)NCc2ccccc2C)oc1C. The van der Waals surface area contributed by atoms with Crippen LogP contribution in [0.4, 0.5) is 0 Å². The van der Waals surface area contributed by atoms with E-state index in [9.17, 15) is 9.59 Å². The van der Waals surface area contributed by atoms with E-state index in [1.807, 2.05) is 43.1 Å². The highest BCUT2D eigenvalue weighted by Gasteiger charge is 2.17. The number of carbonyl (C=O) groups is 2. The zero-order valence-corrected chi connectivity index (χ0v) is 15.1. The summed E-state index contributed by atoms with van der Waals surface area (Å²) in [7, 11) is 3.16. The predicted molar refractivity (Wildman–Crippen MR) is 94.1 cm³/mol. The maximum absolute atomic E-state index is 12.1. The predicted octanol–water partition coefficient (Wildman–Crippen LogP) is 2.43. The van der Waals surface area contributed by atoms with Crippen LogP contribution in [-0.4, -0.2) is 37.5 Å². The van der Waals surface area contributed by atoms with Crippen LogP contribution in [0, 0.1) is 13.8 Å². The van der Waals surface area contributed by atoms with Crippen molar-refractivity contribution in [1.29, 1.82) is 0 Å². The second-order valence-corrected chi connectivity index (χ2v) is 6.05. The summed E-state index contributed by atoms with van der Waals surface area (Å²) in [6.45, 7) is 4.90. The zero-order valence-electron chi connectivity index (χ0n) is 15.1. The standard InChI is InChI=1S/C19H24N2O4/c1-13-7-5-6-8-15(13)10-20-18(22)12-21(3)11-16-9-17(14(2)25-16)19(23)24-4/h5-9H,10-12H2,1-4H3,(H,20,22). The molecule has 1 aromatic carbocycles. The van der Waals surface area contributed by atoms with Gasteiger partial charge in [-0.1, -0.05) is 24.3 Å². The van der Waals surface area contributed by atoms with Gasteiger partial charge in [-0.15, -0.1) is 0 Å². The maximum Gasteiger partial charge on any atom is 0.341 e. The van der Waals surface area contributed by atoms with E-state index in [2.05, 4.69) is 5.32 Å². The summed E-state index contributed by atoms with van der Waals surface area (Å²) in [5.74, 6) is 0.639. The Hall–Kier alpha value is -2.60. The summed E-state index contributed by atoms with van der Waals surface area (Å²) < 4.78 is 10.3. The van der Waals surface area contributed by atoms with Gasteiger partial charge in [-0.3, -0.25) is 9.69 Å². The van der Waals surface area contributed by atoms with Gasteiger partial charge in [-0.05, 0) is 38.1 Å². The Labute approximate surface area is 147 Å². The summed E-state index contributed by atoms with van der Waals surface area (Å²) in [6.07, 6.45) is 0. The number of benzene rings is 1. The van der Waals surface area contributed by atoms with Crippen molar-refractivity contribution in [2.75, 3.05) is 20.7 Å². The molecule has 0 unspecified atom stereocenters. The summed E-state index contributed by atoms with van der Waals surface area (Å²) in [6, 6.07) is 9.61. The number of ether oxygens (including phenoxy) is 1. The lowest BCUT2D eigenvalue weighted by molar-refractivity contribution is -0.122. The number of carbonyl (C=O) groups excluding carboxylic acids is 2. The Balaban J connectivity index is 1.85. The van der Waals surface area contributed by atoms with Crippen LogP contribution in [0.5, 0.6) is 0 Å². The lowest BCUT2D eigenvalue weighted by Gasteiger charge is -2.15. The summed E-state index contributed by atoms with van der Waals surface area (Å²) >= 11 is 0. The van der Waals surface area contributed by atoms with Gasteiger partial charge in [0.2, 0.25) is 5.91 Å². The molecule has 0 aliphatic carbocycles. The van der Waals surface area contributed by atoms with E-state index >= 15 is 0 Å². The zero-order chi connectivity index (χ0) is 18.4. The highest BCUT2D eigenvalue weighted by atomic mass is 16.5. The van der Waals surface area contributed by atoms with Gasteiger partial charge in [0.05, 0.1) is 20.2 Å². The summed E-state index contributed by atoms with van der Waals surface area (Å²) in [4.78, 5) is 25.5. The first-order valence-electron chi connectivity index (χ1n) is 8.08. The van der Waals surface area contributed by atoms with E-state index in [0.717, 1.165) is 11.1 Å². The molecule has 0 fully saturated rings. The minimum absolute atomic E-state index is 0.0674. The molecule has 25 heavy (non-hydrogen) atoms. The fourth-order valence-electron chi connectivity index (χ4n) is 2.56. The Bertz CT molecular complexity index is 752. The molecular weight excluding hydrogens is 320 g/mol. The van der Waals surface area contributed by atoms with Gasteiger partial charge in [0, 0.05) is 6.54 Å². The molecule has 0 saturated heterocycles. The average Bonchev–Trinajstić information content (AvgIpc) is 2.93. The van der Waals surface area contributed by atoms with Gasteiger partial charge in [0.25, 0.3) is 0 Å². The normalized spacial score (nSPS) is 10.8. The second-order valence-electron chi connectivity index (χ2n) is 6.05. The topological polar surface area (TPSA) is 71.8 Å². The van der Waals surface area contributed by atoms with Crippen LogP contribution in [0.2, 0.25) is 0 Å². The highest BCUT2D eigenvalue weighted by molar-refractivity contribution is 5.90. The third-order valence-electron chi connectivity index (χ3n) is 3.95. The van der Waals surface area contributed by atoms with Gasteiger partial charge < -0.3 is 14.5 Å². The van der Waals surface area contributed by atoms with E-state index < -0.39 is 5.97 Å². The molecule has 1 N–H and O–H groups in total. The summed E-state index contributed by atoms with van der Waals surface area (Å²) in [5, 5.41) is 2.92. The number of aryl methyl sites for hydroxylation is 2. The molecule has 1 heterocycles. The molecule has 1 aromatic heterocycles. The Morgan fingerprint density at radius 1 is 1.24 bits per heavy atom. The van der Waals surface area contributed by atoms with Crippen LogP contribution in [0.25, 0.3) is 0 Å². The lowest BCUT2D eigenvalue weighted by atomic mass is 10.1. The van der Waals surface area contributed by atoms with E-state index in [0.29, 0.717) is 30.2 Å². The molecular formula is C19H24N2O4. The first-order chi connectivity index (χ1) is 11.9. The van der Waals surface area contributed by atoms with Gasteiger partial charge in [-0.2, -0.15) is 0 Å². The molecule has 2 rings (SSSR count). The smallest absolute Gasteiger partial charge is 0.341 e. The third-order valence-corrected chi connectivity index (χ3v) is 3.95. The number of furan rings is 1. The lowest BCUT2D eigenvalue weighted by Crippen LogP contribution is -2.34. The van der Waals surface area contributed by atoms with Crippen molar-refractivity contribution in [1.82, 2.24) is 10.2 Å². The number of amides is 1. The van der Waals surface area contributed by atoms with Crippen molar-refractivity contribution < 1.29 is 18.7 Å². The highest BCUT2D eigenvalue weighted by Crippen LogP contribution is 2.16. The Morgan fingerprint density at radius 3 is 2.64 bits per heavy atom. The number of methoxy groups -OCH3 is 1. The number of hydrogen-bond acceptors (Lipinski definition) is 5. The van der Waals surface area contributed by atoms with Crippen LogP contribution < -0.4 is 5.32 Å². The number of esters is 1. The molecule has 0 atom stereocenters. The van der Waals surface area contributed by atoms with Gasteiger partial charge in [0.15, 0.2) is 0 Å². The number of likely N-dealkylation sites (N-methyl/N-ethyl adjacent to an activating group) is 1. The van der Waals surface area contributed by atoms with E-state index in [1.54, 1.807) is 13.0 Å². The monoisotopic (exact) mass is 344 g/mol. The maximum atomic E-state index is 12.1. The third kappa shape index (κ3) is 5.19. The molecule has 0 radical (unpaired) electrons. The van der Waals surface area contributed by atoms with Crippen molar-refractivity contribution in [3.63, 3.8) is 0 Å². The van der Waals surface area contributed by atoms with Crippen LogP contribution in [0.15, 0.2) is 34.7 Å². The number of nitrogens with zero attached hydrogens (tertiary/aromatic N) is 1. The summed E-state index contributed by atoms with van der Waals surface area (Å²) in [5.41, 5.74) is 2.66. The molecule has 0 aliphatic rings. The van der Waals surface area contributed by atoms with Crippen molar-refractivity contribution in [2.24, 2.45) is 0 Å². The number of hydrogen-bond donors (Lipinski definition) is 1. The quantitative estimate of drug-likeness (QED) is 0.781. The first-order valence-corrected chi connectivity index (χ1v) is 8.08. The minimum Gasteiger partial charge on any atom is -0.465 e. The largest absolute Gasteiger partial charge is 0.465 e. The Kier molecular flexibility index (Phi) is 6.36. The molecule has 6 heteroatoms. The van der Waals surface area contributed by atoms with E-state index in [1.165, 1.54) is 7.11 Å². The van der Waals surface area contributed by atoms with Crippen LogP contribution >= 0.6 is 0 Å². The van der Waals surface area contributed by atoms with E-state index in [4.69, 9.17) is 9.15 Å². The molecule has 0 bridgehead atoms. The van der Waals surface area contributed by atoms with Crippen molar-refractivity contribution >= 4 is 11.9 Å². The van der Waals surface area contributed by atoms with Crippen molar-refractivity contribution in [2.45, 2.75) is 26.9 Å². The minimum atomic E-state index is -0.425. The molecule has 0 aliphatic heterocycles. The molecule has 0 saturated carbocycles.